The summed E-state index contributed by atoms with van der Waals surface area (Å²) in [6, 6.07) is 14.1. The first kappa shape index (κ1) is 23.1. The topological polar surface area (TPSA) is 64.6 Å². The molecular formula is C27H29NO4S. The Balaban J connectivity index is 1.53. The van der Waals surface area contributed by atoms with E-state index in [9.17, 15) is 9.59 Å². The highest BCUT2D eigenvalue weighted by Crippen LogP contribution is 2.37. The molecule has 3 aromatic rings. The van der Waals surface area contributed by atoms with Gasteiger partial charge in [0, 0.05) is 10.9 Å². The van der Waals surface area contributed by atoms with Crippen molar-refractivity contribution >= 4 is 28.2 Å². The molecule has 33 heavy (non-hydrogen) atoms. The van der Waals surface area contributed by atoms with Crippen molar-refractivity contribution in [3.8, 4) is 16.9 Å². The quantitative estimate of drug-likeness (QED) is 0.413. The van der Waals surface area contributed by atoms with Crippen LogP contribution in [0.2, 0.25) is 0 Å². The van der Waals surface area contributed by atoms with Crippen molar-refractivity contribution in [1.82, 2.24) is 0 Å². The molecule has 4 rings (SSSR count). The summed E-state index contributed by atoms with van der Waals surface area (Å²) in [6.07, 6.45) is 5.52. The van der Waals surface area contributed by atoms with E-state index < -0.39 is 5.97 Å². The Morgan fingerprint density at radius 3 is 2.48 bits per heavy atom. The van der Waals surface area contributed by atoms with Gasteiger partial charge < -0.3 is 14.8 Å². The molecule has 1 aliphatic carbocycles. The van der Waals surface area contributed by atoms with Crippen LogP contribution in [-0.4, -0.2) is 25.1 Å². The van der Waals surface area contributed by atoms with Gasteiger partial charge in [0.05, 0.1) is 6.61 Å². The first-order chi connectivity index (χ1) is 16.1. The lowest BCUT2D eigenvalue weighted by molar-refractivity contribution is -0.118. The van der Waals surface area contributed by atoms with Gasteiger partial charge in [-0.2, -0.15) is 0 Å². The molecule has 0 radical (unpaired) electrons. The first-order valence-corrected chi connectivity index (χ1v) is 12.4. The molecule has 1 N–H and O–H groups in total. The standard InChI is InChI=1S/C27H29NO4S/c1-3-18-9-13-22(14-10-18)32-16-24(29)28-26-25(27(30)31-4-2)23(17-33-26)21-12-11-19-7-5-6-8-20(19)15-21/h9-15,17H,3-8,16H2,1-2H3,(H,28,29). The summed E-state index contributed by atoms with van der Waals surface area (Å²) in [5.74, 6) is -0.120. The Bertz CT molecular complexity index is 1130. The zero-order chi connectivity index (χ0) is 23.2. The largest absolute Gasteiger partial charge is 0.484 e. The molecular weight excluding hydrogens is 434 g/mol. The molecule has 0 bridgehead atoms. The maximum absolute atomic E-state index is 12.8. The highest BCUT2D eigenvalue weighted by Gasteiger charge is 2.23. The average Bonchev–Trinajstić information content (AvgIpc) is 3.26. The van der Waals surface area contributed by atoms with Crippen LogP contribution in [-0.2, 0) is 28.8 Å². The van der Waals surface area contributed by atoms with Gasteiger partial charge in [-0.05, 0) is 73.4 Å². The number of hydrogen-bond donors (Lipinski definition) is 1. The summed E-state index contributed by atoms with van der Waals surface area (Å²) >= 11 is 1.33. The maximum atomic E-state index is 12.8. The van der Waals surface area contributed by atoms with E-state index in [2.05, 4.69) is 30.4 Å². The number of carbonyl (C=O) groups excluding carboxylic acids is 2. The fourth-order valence-electron chi connectivity index (χ4n) is 4.10. The second-order valence-corrected chi connectivity index (χ2v) is 8.98. The van der Waals surface area contributed by atoms with Crippen LogP contribution in [0.5, 0.6) is 5.75 Å². The summed E-state index contributed by atoms with van der Waals surface area (Å²) in [5, 5.41) is 5.24. The van der Waals surface area contributed by atoms with Crippen LogP contribution in [0.3, 0.4) is 0 Å². The number of anilines is 1. The monoisotopic (exact) mass is 463 g/mol. The Morgan fingerprint density at radius 1 is 1.00 bits per heavy atom. The van der Waals surface area contributed by atoms with Gasteiger partial charge in [0.15, 0.2) is 6.61 Å². The van der Waals surface area contributed by atoms with Crippen molar-refractivity contribution in [3.05, 3.63) is 70.1 Å². The van der Waals surface area contributed by atoms with Crippen LogP contribution in [0, 0.1) is 0 Å². The van der Waals surface area contributed by atoms with E-state index in [-0.39, 0.29) is 19.1 Å². The minimum absolute atomic E-state index is 0.139. The number of nitrogens with one attached hydrogen (secondary N) is 1. The van der Waals surface area contributed by atoms with E-state index in [1.807, 2.05) is 29.6 Å². The second kappa shape index (κ2) is 10.7. The summed E-state index contributed by atoms with van der Waals surface area (Å²) in [7, 11) is 0. The molecule has 1 heterocycles. The highest BCUT2D eigenvalue weighted by molar-refractivity contribution is 7.15. The van der Waals surface area contributed by atoms with E-state index in [0.717, 1.165) is 30.4 Å². The molecule has 0 saturated carbocycles. The van der Waals surface area contributed by atoms with Gasteiger partial charge in [-0.15, -0.1) is 11.3 Å². The smallest absolute Gasteiger partial charge is 0.341 e. The minimum atomic E-state index is -0.433. The fraction of sp³-hybridized carbons (Fsp3) is 0.333. The molecule has 1 aromatic heterocycles. The van der Waals surface area contributed by atoms with E-state index in [4.69, 9.17) is 9.47 Å². The number of esters is 1. The van der Waals surface area contributed by atoms with Crippen LogP contribution >= 0.6 is 11.3 Å². The van der Waals surface area contributed by atoms with Crippen molar-refractivity contribution in [2.75, 3.05) is 18.5 Å². The minimum Gasteiger partial charge on any atom is -0.484 e. The highest BCUT2D eigenvalue weighted by atomic mass is 32.1. The van der Waals surface area contributed by atoms with Gasteiger partial charge in [-0.25, -0.2) is 4.79 Å². The zero-order valence-corrected chi connectivity index (χ0v) is 19.9. The number of fused-ring (bicyclic) bond motifs is 1. The molecule has 0 saturated heterocycles. The molecule has 1 aliphatic rings. The summed E-state index contributed by atoms with van der Waals surface area (Å²) in [4.78, 5) is 25.4. The molecule has 0 aliphatic heterocycles. The average molecular weight is 464 g/mol. The molecule has 0 fully saturated rings. The lowest BCUT2D eigenvalue weighted by Crippen LogP contribution is -2.21. The SMILES string of the molecule is CCOC(=O)c1c(-c2ccc3c(c2)CCCC3)csc1NC(=O)COc1ccc(CC)cc1. The van der Waals surface area contributed by atoms with Gasteiger partial charge in [0.1, 0.15) is 16.3 Å². The lowest BCUT2D eigenvalue weighted by Gasteiger charge is -2.17. The van der Waals surface area contributed by atoms with E-state index in [0.29, 0.717) is 16.3 Å². The number of amides is 1. The Hall–Kier alpha value is -3.12. The van der Waals surface area contributed by atoms with Crippen molar-refractivity contribution < 1.29 is 19.1 Å². The van der Waals surface area contributed by atoms with Crippen molar-refractivity contribution in [2.45, 2.75) is 46.0 Å². The fourth-order valence-corrected chi connectivity index (χ4v) is 5.08. The summed E-state index contributed by atoms with van der Waals surface area (Å²) in [5.41, 5.74) is 6.10. The third-order valence-electron chi connectivity index (χ3n) is 5.88. The van der Waals surface area contributed by atoms with E-state index in [1.54, 1.807) is 6.92 Å². The third kappa shape index (κ3) is 5.45. The van der Waals surface area contributed by atoms with Gasteiger partial charge in [0.2, 0.25) is 0 Å². The zero-order valence-electron chi connectivity index (χ0n) is 19.1. The Labute approximate surface area is 198 Å². The summed E-state index contributed by atoms with van der Waals surface area (Å²) in [6.45, 7) is 3.99. The molecule has 0 atom stereocenters. The lowest BCUT2D eigenvalue weighted by atomic mass is 9.89. The van der Waals surface area contributed by atoms with Gasteiger partial charge in [0.25, 0.3) is 5.91 Å². The number of carbonyl (C=O) groups is 2. The number of aryl methyl sites for hydroxylation is 3. The number of hydrogen-bond acceptors (Lipinski definition) is 5. The Morgan fingerprint density at radius 2 is 1.76 bits per heavy atom. The molecule has 2 aromatic carbocycles. The Kier molecular flexibility index (Phi) is 7.45. The second-order valence-electron chi connectivity index (χ2n) is 8.10. The molecule has 5 nitrogen and oxygen atoms in total. The third-order valence-corrected chi connectivity index (χ3v) is 6.78. The van der Waals surface area contributed by atoms with Crippen molar-refractivity contribution in [3.63, 3.8) is 0 Å². The maximum Gasteiger partial charge on any atom is 0.341 e. The van der Waals surface area contributed by atoms with Crippen molar-refractivity contribution in [1.29, 1.82) is 0 Å². The van der Waals surface area contributed by atoms with Crippen molar-refractivity contribution in [2.24, 2.45) is 0 Å². The van der Waals surface area contributed by atoms with Crippen LogP contribution < -0.4 is 10.1 Å². The van der Waals surface area contributed by atoms with E-state index in [1.165, 1.54) is 40.9 Å². The van der Waals surface area contributed by atoms with Gasteiger partial charge in [-0.3, -0.25) is 4.79 Å². The van der Waals surface area contributed by atoms with Gasteiger partial charge >= 0.3 is 5.97 Å². The van der Waals surface area contributed by atoms with Crippen LogP contribution in [0.4, 0.5) is 5.00 Å². The van der Waals surface area contributed by atoms with E-state index >= 15 is 0 Å². The van der Waals surface area contributed by atoms with Gasteiger partial charge in [-0.1, -0.05) is 37.3 Å². The predicted octanol–water partition coefficient (Wildman–Crippen LogP) is 6.05. The van der Waals surface area contributed by atoms with Crippen LogP contribution in [0.1, 0.15) is 53.7 Å². The first-order valence-electron chi connectivity index (χ1n) is 11.5. The molecule has 0 spiro atoms. The summed E-state index contributed by atoms with van der Waals surface area (Å²) < 4.78 is 10.9. The number of benzene rings is 2. The number of rotatable bonds is 8. The number of ether oxygens (including phenoxy) is 2. The molecule has 6 heteroatoms. The predicted molar refractivity (Wildman–Crippen MR) is 132 cm³/mol. The molecule has 172 valence electrons. The number of thiophene rings is 1. The normalized spacial score (nSPS) is 12.7. The molecule has 1 amide bonds. The van der Waals surface area contributed by atoms with Crippen LogP contribution in [0.25, 0.3) is 11.1 Å². The van der Waals surface area contributed by atoms with Crippen LogP contribution in [0.15, 0.2) is 47.8 Å². The molecule has 0 unspecified atom stereocenters.